The number of hydrogen-bond donors (Lipinski definition) is 0. The van der Waals surface area contributed by atoms with Crippen LogP contribution in [0.15, 0.2) is 0 Å². The maximum atomic E-state index is 10.9. The summed E-state index contributed by atoms with van der Waals surface area (Å²) >= 11 is 0. The molecule has 0 spiro atoms. The fourth-order valence-electron chi connectivity index (χ4n) is 0.925. The lowest BCUT2D eigenvalue weighted by atomic mass is 10.3. The van der Waals surface area contributed by atoms with E-state index >= 15 is 0 Å². The number of carbonyl (C=O) groups is 1. The zero-order chi connectivity index (χ0) is 6.69. The summed E-state index contributed by atoms with van der Waals surface area (Å²) in [5, 5.41) is 3.97. The van der Waals surface area contributed by atoms with Gasteiger partial charge in [0.05, 0.1) is 6.54 Å². The first-order valence-corrected chi connectivity index (χ1v) is 3.25. The Morgan fingerprint density at radius 3 is 3.00 bits per heavy atom. The maximum Gasteiger partial charge on any atom is 0.238 e. The second-order valence-electron chi connectivity index (χ2n) is 2.08. The van der Waals surface area contributed by atoms with Crippen LogP contribution in [-0.4, -0.2) is 37.0 Å². The van der Waals surface area contributed by atoms with E-state index in [2.05, 4.69) is 5.32 Å². The number of nitrogens with zero attached hydrogens (tertiary/aromatic N) is 2. The first kappa shape index (κ1) is 6.55. The quantitative estimate of drug-likeness (QED) is 0.465. The van der Waals surface area contributed by atoms with Gasteiger partial charge in [0.2, 0.25) is 5.91 Å². The zero-order valence-electron chi connectivity index (χ0n) is 5.63. The van der Waals surface area contributed by atoms with E-state index in [0.717, 1.165) is 19.6 Å². The normalized spacial score (nSPS) is 20.6. The van der Waals surface area contributed by atoms with Crippen LogP contribution in [0.4, 0.5) is 0 Å². The number of likely N-dealkylation sites (N-methyl/N-ethyl adjacent to an activating group) is 1. The van der Waals surface area contributed by atoms with Crippen molar-refractivity contribution >= 4 is 5.91 Å². The predicted molar refractivity (Wildman–Crippen MR) is 34.1 cm³/mol. The topological polar surface area (TPSA) is 34.4 Å². The molecule has 3 heteroatoms. The van der Waals surface area contributed by atoms with Gasteiger partial charge in [0.15, 0.2) is 0 Å². The molecule has 51 valence electrons. The Kier molecular flexibility index (Phi) is 2.05. The molecule has 0 aliphatic carbocycles. The second-order valence-corrected chi connectivity index (χ2v) is 2.08. The standard InChI is InChI=1S/C6H11N2O/c1-2-8-4-3-7-5-6(8)9/h2-5H2,1H3. The third-order valence-electron chi connectivity index (χ3n) is 1.51. The molecule has 0 aromatic rings. The largest absolute Gasteiger partial charge is 0.340 e. The maximum absolute atomic E-state index is 10.9. The van der Waals surface area contributed by atoms with Gasteiger partial charge in [-0.1, -0.05) is 0 Å². The fourth-order valence-corrected chi connectivity index (χ4v) is 0.925. The van der Waals surface area contributed by atoms with Crippen LogP contribution in [0.25, 0.3) is 0 Å². The van der Waals surface area contributed by atoms with Crippen molar-refractivity contribution in [1.29, 1.82) is 0 Å². The highest BCUT2D eigenvalue weighted by Crippen LogP contribution is 1.92. The van der Waals surface area contributed by atoms with Crippen molar-refractivity contribution in [2.45, 2.75) is 6.92 Å². The number of amides is 1. The van der Waals surface area contributed by atoms with E-state index in [-0.39, 0.29) is 5.91 Å². The molecule has 0 aromatic carbocycles. The highest BCUT2D eigenvalue weighted by Gasteiger charge is 2.15. The summed E-state index contributed by atoms with van der Waals surface area (Å²) in [7, 11) is 0. The Bertz CT molecular complexity index is 114. The van der Waals surface area contributed by atoms with E-state index in [0.29, 0.717) is 6.54 Å². The molecule has 0 saturated carbocycles. The Labute approximate surface area is 55.0 Å². The van der Waals surface area contributed by atoms with Crippen molar-refractivity contribution in [3.63, 3.8) is 0 Å². The number of piperazine rings is 1. The van der Waals surface area contributed by atoms with Gasteiger partial charge in [-0.25, -0.2) is 5.32 Å². The van der Waals surface area contributed by atoms with Crippen molar-refractivity contribution in [2.75, 3.05) is 26.2 Å². The molecule has 1 aliphatic heterocycles. The van der Waals surface area contributed by atoms with Crippen LogP contribution in [0.1, 0.15) is 6.92 Å². The van der Waals surface area contributed by atoms with Gasteiger partial charge in [-0.05, 0) is 6.92 Å². The van der Waals surface area contributed by atoms with Crippen molar-refractivity contribution in [1.82, 2.24) is 10.2 Å². The minimum atomic E-state index is 0.170. The molecule has 3 nitrogen and oxygen atoms in total. The fraction of sp³-hybridized carbons (Fsp3) is 0.833. The first-order valence-electron chi connectivity index (χ1n) is 3.25. The lowest BCUT2D eigenvalue weighted by Gasteiger charge is -2.24. The Balaban J connectivity index is 2.39. The summed E-state index contributed by atoms with van der Waals surface area (Å²) < 4.78 is 0. The van der Waals surface area contributed by atoms with Crippen LogP contribution in [0.5, 0.6) is 0 Å². The number of rotatable bonds is 1. The summed E-state index contributed by atoms with van der Waals surface area (Å²) in [6.07, 6.45) is 0. The summed E-state index contributed by atoms with van der Waals surface area (Å²) in [5.41, 5.74) is 0. The van der Waals surface area contributed by atoms with Gasteiger partial charge >= 0.3 is 0 Å². The Hall–Kier alpha value is -0.570. The van der Waals surface area contributed by atoms with Gasteiger partial charge in [0.1, 0.15) is 0 Å². The molecular weight excluding hydrogens is 116 g/mol. The van der Waals surface area contributed by atoms with E-state index in [1.54, 1.807) is 0 Å². The van der Waals surface area contributed by atoms with Crippen molar-refractivity contribution < 1.29 is 4.79 Å². The predicted octanol–water partition coefficient (Wildman–Crippen LogP) is -0.547. The smallest absolute Gasteiger partial charge is 0.238 e. The van der Waals surface area contributed by atoms with Gasteiger partial charge in [0, 0.05) is 19.6 Å². The second kappa shape index (κ2) is 2.82. The zero-order valence-corrected chi connectivity index (χ0v) is 5.63. The Morgan fingerprint density at radius 1 is 1.78 bits per heavy atom. The first-order chi connectivity index (χ1) is 4.34. The van der Waals surface area contributed by atoms with Crippen LogP contribution in [0.3, 0.4) is 0 Å². The molecule has 1 rings (SSSR count). The van der Waals surface area contributed by atoms with Crippen molar-refractivity contribution in [2.24, 2.45) is 0 Å². The van der Waals surface area contributed by atoms with Crippen molar-refractivity contribution in [3.05, 3.63) is 0 Å². The molecule has 0 bridgehead atoms. The lowest BCUT2D eigenvalue weighted by molar-refractivity contribution is -0.131. The van der Waals surface area contributed by atoms with Crippen LogP contribution in [-0.2, 0) is 4.79 Å². The van der Waals surface area contributed by atoms with Gasteiger partial charge in [-0.15, -0.1) is 0 Å². The van der Waals surface area contributed by atoms with E-state index < -0.39 is 0 Å². The number of hydrogen-bond acceptors (Lipinski definition) is 1. The van der Waals surface area contributed by atoms with Crippen LogP contribution in [0.2, 0.25) is 0 Å². The summed E-state index contributed by atoms with van der Waals surface area (Å²) in [5.74, 6) is 0.170. The van der Waals surface area contributed by atoms with Crippen LogP contribution in [0, 0.1) is 0 Å². The average molecular weight is 127 g/mol. The average Bonchev–Trinajstić information content (AvgIpc) is 1.89. The van der Waals surface area contributed by atoms with Gasteiger partial charge < -0.3 is 4.90 Å². The van der Waals surface area contributed by atoms with Gasteiger partial charge in [0.25, 0.3) is 0 Å². The molecule has 1 radical (unpaired) electrons. The third-order valence-corrected chi connectivity index (χ3v) is 1.51. The highest BCUT2D eigenvalue weighted by atomic mass is 16.2. The summed E-state index contributed by atoms with van der Waals surface area (Å²) in [6.45, 7) is 4.85. The van der Waals surface area contributed by atoms with Gasteiger partial charge in [-0.2, -0.15) is 0 Å². The molecule has 1 saturated heterocycles. The highest BCUT2D eigenvalue weighted by molar-refractivity contribution is 5.78. The van der Waals surface area contributed by atoms with E-state index in [1.807, 2.05) is 11.8 Å². The molecule has 0 N–H and O–H groups in total. The molecular formula is C6H11N2O. The SMILES string of the molecule is CCN1CC[N]CC1=O. The number of carbonyl (C=O) groups excluding carboxylic acids is 1. The lowest BCUT2D eigenvalue weighted by Crippen LogP contribution is -2.44. The van der Waals surface area contributed by atoms with E-state index in [1.165, 1.54) is 0 Å². The van der Waals surface area contributed by atoms with Crippen molar-refractivity contribution in [3.8, 4) is 0 Å². The molecule has 9 heavy (non-hydrogen) atoms. The van der Waals surface area contributed by atoms with Crippen LogP contribution < -0.4 is 5.32 Å². The molecule has 1 fully saturated rings. The molecule has 0 atom stereocenters. The molecule has 0 unspecified atom stereocenters. The molecule has 1 amide bonds. The summed E-state index contributed by atoms with van der Waals surface area (Å²) in [4.78, 5) is 12.7. The molecule has 1 aliphatic rings. The van der Waals surface area contributed by atoms with E-state index in [4.69, 9.17) is 0 Å². The molecule has 1 heterocycles. The van der Waals surface area contributed by atoms with Crippen LogP contribution >= 0.6 is 0 Å². The van der Waals surface area contributed by atoms with E-state index in [9.17, 15) is 4.79 Å². The minimum absolute atomic E-state index is 0.170. The summed E-state index contributed by atoms with van der Waals surface area (Å²) in [6, 6.07) is 0. The molecule has 0 aromatic heterocycles. The monoisotopic (exact) mass is 127 g/mol. The van der Waals surface area contributed by atoms with Gasteiger partial charge in [-0.3, -0.25) is 4.79 Å². The minimum Gasteiger partial charge on any atom is -0.340 e. The third kappa shape index (κ3) is 1.42. The Morgan fingerprint density at radius 2 is 2.56 bits per heavy atom.